The third-order valence-electron chi connectivity index (χ3n) is 4.02. The van der Waals surface area contributed by atoms with Crippen molar-refractivity contribution in [3.05, 3.63) is 53.6 Å². The highest BCUT2D eigenvalue weighted by Gasteiger charge is 2.23. The molecule has 2 heterocycles. The van der Waals surface area contributed by atoms with Gasteiger partial charge in [0.1, 0.15) is 17.5 Å². The van der Waals surface area contributed by atoms with Crippen molar-refractivity contribution in [3.63, 3.8) is 0 Å². The lowest BCUT2D eigenvalue weighted by molar-refractivity contribution is -0.133. The molecule has 1 amide bonds. The van der Waals surface area contributed by atoms with Crippen LogP contribution in [0.4, 0.5) is 8.78 Å². The van der Waals surface area contributed by atoms with Crippen LogP contribution in [-0.4, -0.2) is 32.9 Å². The summed E-state index contributed by atoms with van der Waals surface area (Å²) in [6.07, 6.45) is 3.81. The van der Waals surface area contributed by atoms with Crippen LogP contribution in [-0.2, 0) is 24.3 Å². The number of imidazole rings is 1. The van der Waals surface area contributed by atoms with E-state index in [0.717, 1.165) is 24.0 Å². The number of benzene rings is 1. The van der Waals surface area contributed by atoms with E-state index in [4.69, 9.17) is 5.73 Å². The van der Waals surface area contributed by atoms with Crippen molar-refractivity contribution < 1.29 is 13.6 Å². The average molecular weight is 320 g/mol. The van der Waals surface area contributed by atoms with Crippen molar-refractivity contribution in [1.82, 2.24) is 14.5 Å². The van der Waals surface area contributed by atoms with Gasteiger partial charge in [-0.15, -0.1) is 0 Å². The number of carbonyl (C=O) groups is 1. The third kappa shape index (κ3) is 3.56. The number of nitrogens with two attached hydrogens (primary N) is 1. The molecule has 2 aromatic rings. The summed E-state index contributed by atoms with van der Waals surface area (Å²) in [4.78, 5) is 18.2. The van der Waals surface area contributed by atoms with E-state index in [1.807, 2.05) is 10.8 Å². The number of aromatic nitrogens is 2. The molecule has 1 aliphatic heterocycles. The molecular formula is C16H18F2N4O. The molecule has 0 saturated heterocycles. The summed E-state index contributed by atoms with van der Waals surface area (Å²) in [5.74, 6) is -0.269. The van der Waals surface area contributed by atoms with Gasteiger partial charge >= 0.3 is 0 Å². The summed E-state index contributed by atoms with van der Waals surface area (Å²) in [6, 6.07) is 2.70. The first-order valence-corrected chi connectivity index (χ1v) is 7.50. The fourth-order valence-corrected chi connectivity index (χ4v) is 2.79. The first-order chi connectivity index (χ1) is 11.0. The van der Waals surface area contributed by atoms with Crippen molar-refractivity contribution in [3.8, 4) is 0 Å². The van der Waals surface area contributed by atoms with Gasteiger partial charge in [-0.3, -0.25) is 4.79 Å². The zero-order chi connectivity index (χ0) is 16.4. The summed E-state index contributed by atoms with van der Waals surface area (Å²) in [6.45, 7) is 1.75. The number of rotatable bonds is 4. The Morgan fingerprint density at radius 2 is 2.17 bits per heavy atom. The molecule has 0 aliphatic carbocycles. The van der Waals surface area contributed by atoms with E-state index in [1.165, 1.54) is 0 Å². The lowest BCUT2D eigenvalue weighted by Crippen LogP contribution is -2.41. The van der Waals surface area contributed by atoms with Crippen LogP contribution in [0.25, 0.3) is 0 Å². The van der Waals surface area contributed by atoms with Crippen LogP contribution < -0.4 is 5.73 Å². The van der Waals surface area contributed by atoms with Crippen molar-refractivity contribution in [2.75, 3.05) is 6.54 Å². The van der Waals surface area contributed by atoms with Crippen molar-refractivity contribution in [2.24, 2.45) is 5.73 Å². The number of amides is 1. The maximum atomic E-state index is 13.6. The van der Waals surface area contributed by atoms with Gasteiger partial charge in [0.2, 0.25) is 5.91 Å². The van der Waals surface area contributed by atoms with Gasteiger partial charge in [0.05, 0.1) is 6.54 Å². The van der Waals surface area contributed by atoms with Crippen LogP contribution in [0.5, 0.6) is 0 Å². The van der Waals surface area contributed by atoms with Gasteiger partial charge in [-0.05, 0) is 30.2 Å². The van der Waals surface area contributed by atoms with E-state index in [1.54, 1.807) is 11.1 Å². The van der Waals surface area contributed by atoms with Gasteiger partial charge < -0.3 is 15.2 Å². The molecule has 122 valence electrons. The first kappa shape index (κ1) is 15.6. The fourth-order valence-electron chi connectivity index (χ4n) is 2.79. The summed E-state index contributed by atoms with van der Waals surface area (Å²) < 4.78 is 28.8. The quantitative estimate of drug-likeness (QED) is 0.928. The largest absolute Gasteiger partial charge is 0.333 e. The smallest absolute Gasteiger partial charge is 0.224 e. The molecule has 7 heteroatoms. The molecule has 0 fully saturated rings. The van der Waals surface area contributed by atoms with Crippen LogP contribution >= 0.6 is 0 Å². The number of hydrogen-bond donors (Lipinski definition) is 1. The Morgan fingerprint density at radius 3 is 3.00 bits per heavy atom. The zero-order valence-corrected chi connectivity index (χ0v) is 12.6. The van der Waals surface area contributed by atoms with E-state index in [9.17, 15) is 13.6 Å². The highest BCUT2D eigenvalue weighted by atomic mass is 19.1. The molecule has 1 aliphatic rings. The minimum atomic E-state index is -0.555. The van der Waals surface area contributed by atoms with Gasteiger partial charge in [-0.1, -0.05) is 0 Å². The Kier molecular flexibility index (Phi) is 4.38. The van der Waals surface area contributed by atoms with Crippen LogP contribution in [0.2, 0.25) is 0 Å². The van der Waals surface area contributed by atoms with Crippen molar-refractivity contribution >= 4 is 5.91 Å². The fraction of sp³-hybridized carbons (Fsp3) is 0.375. The Labute approximate surface area is 132 Å². The second-order valence-electron chi connectivity index (χ2n) is 5.76. The number of hydrogen-bond acceptors (Lipinski definition) is 3. The molecule has 0 unspecified atom stereocenters. The standard InChI is InChI=1S/C16H18F2N4O/c17-12-1-2-14(18)11(7-12)8-13(19)9-16(23)22-6-5-21-4-3-20-15(21)10-22/h1-4,7,13H,5-6,8-10,19H2/t13-/m1/s1. The van der Waals surface area contributed by atoms with Crippen molar-refractivity contribution in [1.29, 1.82) is 0 Å². The Balaban J connectivity index is 1.58. The summed E-state index contributed by atoms with van der Waals surface area (Å²) in [5, 5.41) is 0. The van der Waals surface area contributed by atoms with Crippen LogP contribution in [0.3, 0.4) is 0 Å². The predicted molar refractivity (Wildman–Crippen MR) is 80.3 cm³/mol. The zero-order valence-electron chi connectivity index (χ0n) is 12.6. The lowest BCUT2D eigenvalue weighted by Gasteiger charge is -2.28. The van der Waals surface area contributed by atoms with E-state index in [2.05, 4.69) is 4.98 Å². The van der Waals surface area contributed by atoms with Gasteiger partial charge in [-0.25, -0.2) is 13.8 Å². The molecule has 0 radical (unpaired) electrons. The monoisotopic (exact) mass is 320 g/mol. The van der Waals surface area contributed by atoms with Crippen molar-refractivity contribution in [2.45, 2.75) is 32.0 Å². The lowest BCUT2D eigenvalue weighted by atomic mass is 10.0. The molecular weight excluding hydrogens is 302 g/mol. The normalized spacial score (nSPS) is 15.3. The van der Waals surface area contributed by atoms with Crippen LogP contribution in [0.15, 0.2) is 30.6 Å². The van der Waals surface area contributed by atoms with E-state index >= 15 is 0 Å². The van der Waals surface area contributed by atoms with Gasteiger partial charge in [0.25, 0.3) is 0 Å². The summed E-state index contributed by atoms with van der Waals surface area (Å²) >= 11 is 0. The van der Waals surface area contributed by atoms with Gasteiger partial charge in [0.15, 0.2) is 0 Å². The molecule has 2 N–H and O–H groups in total. The molecule has 0 saturated carbocycles. The molecule has 1 atom stereocenters. The van der Waals surface area contributed by atoms with E-state index < -0.39 is 17.7 Å². The van der Waals surface area contributed by atoms with Crippen LogP contribution in [0.1, 0.15) is 17.8 Å². The highest BCUT2D eigenvalue weighted by Crippen LogP contribution is 2.15. The molecule has 1 aromatic heterocycles. The topological polar surface area (TPSA) is 64.2 Å². The molecule has 23 heavy (non-hydrogen) atoms. The highest BCUT2D eigenvalue weighted by molar-refractivity contribution is 5.76. The number of fused-ring (bicyclic) bond motifs is 1. The number of nitrogens with zero attached hydrogens (tertiary/aromatic N) is 3. The summed E-state index contributed by atoms with van der Waals surface area (Å²) in [7, 11) is 0. The molecule has 1 aromatic carbocycles. The van der Waals surface area contributed by atoms with Gasteiger partial charge in [-0.2, -0.15) is 0 Å². The first-order valence-electron chi connectivity index (χ1n) is 7.50. The van der Waals surface area contributed by atoms with Gasteiger partial charge in [0, 0.05) is 37.9 Å². The molecule has 0 spiro atoms. The Morgan fingerprint density at radius 1 is 1.35 bits per heavy atom. The average Bonchev–Trinajstić information content (AvgIpc) is 2.98. The number of carbonyl (C=O) groups excluding carboxylic acids is 1. The van der Waals surface area contributed by atoms with Crippen LogP contribution in [0, 0.1) is 11.6 Å². The molecule has 3 rings (SSSR count). The predicted octanol–water partition coefficient (Wildman–Crippen LogP) is 1.46. The molecule has 5 nitrogen and oxygen atoms in total. The minimum absolute atomic E-state index is 0.0939. The van der Waals surface area contributed by atoms with E-state index in [0.29, 0.717) is 19.6 Å². The van der Waals surface area contributed by atoms with E-state index in [-0.39, 0.29) is 24.3 Å². The SMILES string of the molecule is N[C@@H](CC(=O)N1CCn2ccnc2C1)Cc1cc(F)ccc1F. The summed E-state index contributed by atoms with van der Waals surface area (Å²) in [5.41, 5.74) is 6.14. The Hall–Kier alpha value is -2.28. The second kappa shape index (κ2) is 6.45. The minimum Gasteiger partial charge on any atom is -0.333 e. The third-order valence-corrected chi connectivity index (χ3v) is 4.02. The maximum Gasteiger partial charge on any atom is 0.224 e. The number of halogens is 2. The maximum absolute atomic E-state index is 13.6. The Bertz CT molecular complexity index is 716. The molecule has 0 bridgehead atoms. The second-order valence-corrected chi connectivity index (χ2v) is 5.76.